The summed E-state index contributed by atoms with van der Waals surface area (Å²) >= 11 is 0. The molecule has 0 aromatic carbocycles. The van der Waals surface area contributed by atoms with Gasteiger partial charge in [-0.25, -0.2) is 13.6 Å². The molecule has 0 aromatic rings. The molecular formula is C8H21NO5SSi. The van der Waals surface area contributed by atoms with Crippen molar-refractivity contribution in [2.75, 3.05) is 25.6 Å². The van der Waals surface area contributed by atoms with Crippen molar-refractivity contribution < 1.29 is 21.7 Å². The fourth-order valence-corrected chi connectivity index (χ4v) is 5.41. The van der Waals surface area contributed by atoms with Crippen LogP contribution >= 0.6 is 0 Å². The Morgan fingerprint density at radius 2 is 1.38 bits per heavy atom. The molecule has 0 amide bonds. The van der Waals surface area contributed by atoms with Crippen LogP contribution in [0.3, 0.4) is 0 Å². The third-order valence-corrected chi connectivity index (χ3v) is 5.97. The molecule has 8 heteroatoms. The van der Waals surface area contributed by atoms with Crippen LogP contribution < -0.4 is 5.14 Å². The minimum atomic E-state index is -3.52. The van der Waals surface area contributed by atoms with Gasteiger partial charge in [0.25, 0.3) is 0 Å². The van der Waals surface area contributed by atoms with E-state index in [1.807, 2.05) is 20.8 Å². The molecule has 0 bridgehead atoms. The van der Waals surface area contributed by atoms with Gasteiger partial charge in [0.05, 0.1) is 5.75 Å². The van der Waals surface area contributed by atoms with Gasteiger partial charge in [-0.3, -0.25) is 0 Å². The van der Waals surface area contributed by atoms with Gasteiger partial charge in [0, 0.05) is 25.9 Å². The molecule has 0 atom stereocenters. The van der Waals surface area contributed by atoms with Gasteiger partial charge in [-0.1, -0.05) is 0 Å². The molecule has 0 radical (unpaired) electrons. The average Bonchev–Trinajstić information content (AvgIpc) is 2.15. The summed E-state index contributed by atoms with van der Waals surface area (Å²) < 4.78 is 38.3. The van der Waals surface area contributed by atoms with E-state index in [0.717, 1.165) is 0 Å². The van der Waals surface area contributed by atoms with E-state index >= 15 is 0 Å². The highest BCUT2D eigenvalue weighted by Crippen LogP contribution is 2.16. The van der Waals surface area contributed by atoms with Gasteiger partial charge in [0.2, 0.25) is 10.0 Å². The monoisotopic (exact) mass is 271 g/mol. The molecule has 0 saturated heterocycles. The predicted octanol–water partition coefficient (Wildman–Crippen LogP) is 0.323. The van der Waals surface area contributed by atoms with E-state index < -0.39 is 18.8 Å². The third-order valence-electron chi connectivity index (χ3n) is 1.79. The minimum Gasteiger partial charge on any atom is -0.374 e. The van der Waals surface area contributed by atoms with Crippen molar-refractivity contribution >= 4 is 18.8 Å². The summed E-state index contributed by atoms with van der Waals surface area (Å²) in [4.78, 5) is 0. The predicted molar refractivity (Wildman–Crippen MR) is 63.4 cm³/mol. The lowest BCUT2D eigenvalue weighted by atomic mass is 10.9. The molecule has 0 rings (SSSR count). The maximum absolute atomic E-state index is 10.9. The first-order valence-electron chi connectivity index (χ1n) is 5.31. The van der Waals surface area contributed by atoms with E-state index in [2.05, 4.69) is 0 Å². The zero-order valence-electron chi connectivity index (χ0n) is 10.1. The molecule has 16 heavy (non-hydrogen) atoms. The molecule has 2 N–H and O–H groups in total. The second-order valence-electron chi connectivity index (χ2n) is 3.10. The SMILES string of the molecule is CCO[Si](CCS(N)(=O)=O)(OCC)OCC. The zero-order chi connectivity index (χ0) is 12.7. The standard InChI is InChI=1S/C8H21NO5SSi/c1-4-12-16(13-5-2,14-6-3)8-7-15(9,10)11/h4-8H2,1-3H3,(H2,9,10,11). The second kappa shape index (κ2) is 7.36. The van der Waals surface area contributed by atoms with Gasteiger partial charge >= 0.3 is 8.80 Å². The van der Waals surface area contributed by atoms with E-state index in [1.54, 1.807) is 0 Å². The van der Waals surface area contributed by atoms with E-state index in [1.165, 1.54) is 0 Å². The third kappa shape index (κ3) is 6.56. The number of hydrogen-bond acceptors (Lipinski definition) is 5. The van der Waals surface area contributed by atoms with Crippen LogP contribution in [-0.4, -0.2) is 42.8 Å². The quantitative estimate of drug-likeness (QED) is 0.610. The molecule has 0 aliphatic heterocycles. The molecule has 6 nitrogen and oxygen atoms in total. The summed E-state index contributed by atoms with van der Waals surface area (Å²) in [6, 6.07) is 0.196. The molecule has 98 valence electrons. The van der Waals surface area contributed by atoms with Crippen molar-refractivity contribution in [1.82, 2.24) is 0 Å². The van der Waals surface area contributed by atoms with Crippen molar-refractivity contribution in [3.63, 3.8) is 0 Å². The molecule has 0 spiro atoms. The molecule has 0 unspecified atom stereocenters. The fraction of sp³-hybridized carbons (Fsp3) is 1.00. The molecule has 0 saturated carbocycles. The number of hydrogen-bond donors (Lipinski definition) is 1. The highest BCUT2D eigenvalue weighted by molar-refractivity contribution is 7.89. The van der Waals surface area contributed by atoms with E-state index in [9.17, 15) is 8.42 Å². The molecule has 0 fully saturated rings. The molecule has 0 heterocycles. The number of rotatable bonds is 9. The van der Waals surface area contributed by atoms with Crippen molar-refractivity contribution in [2.45, 2.75) is 26.8 Å². The molecule has 0 aliphatic rings. The first-order valence-corrected chi connectivity index (χ1v) is 8.96. The van der Waals surface area contributed by atoms with Crippen LogP contribution in [0, 0.1) is 0 Å². The van der Waals surface area contributed by atoms with Crippen molar-refractivity contribution in [3.8, 4) is 0 Å². The first-order chi connectivity index (χ1) is 7.39. The van der Waals surface area contributed by atoms with Crippen LogP contribution in [0.2, 0.25) is 6.04 Å². The Morgan fingerprint density at radius 3 is 1.62 bits per heavy atom. The Hall–Kier alpha value is 0.00688. The topological polar surface area (TPSA) is 87.9 Å². The Bertz CT molecular complexity index is 265. The summed E-state index contributed by atoms with van der Waals surface area (Å²) in [6.45, 7) is 6.73. The average molecular weight is 271 g/mol. The zero-order valence-corrected chi connectivity index (χ0v) is 11.9. The maximum atomic E-state index is 10.9. The minimum absolute atomic E-state index is 0.181. The molecule has 0 aliphatic carbocycles. The van der Waals surface area contributed by atoms with Crippen LogP contribution in [0.4, 0.5) is 0 Å². The van der Waals surface area contributed by atoms with Gasteiger partial charge in [-0.2, -0.15) is 0 Å². The van der Waals surface area contributed by atoms with Crippen LogP contribution in [-0.2, 0) is 23.3 Å². The first kappa shape index (κ1) is 16.0. The van der Waals surface area contributed by atoms with Crippen molar-refractivity contribution in [2.24, 2.45) is 5.14 Å². The van der Waals surface area contributed by atoms with E-state index in [4.69, 9.17) is 18.4 Å². The fourth-order valence-electron chi connectivity index (χ4n) is 1.27. The lowest BCUT2D eigenvalue weighted by Crippen LogP contribution is -2.47. The van der Waals surface area contributed by atoms with Crippen molar-refractivity contribution in [3.05, 3.63) is 0 Å². The van der Waals surface area contributed by atoms with Gasteiger partial charge in [-0.05, 0) is 20.8 Å². The highest BCUT2D eigenvalue weighted by atomic mass is 32.2. The summed E-state index contributed by atoms with van der Waals surface area (Å²) in [6.07, 6.45) is 0. The molecular weight excluding hydrogens is 250 g/mol. The Labute approximate surface area is 98.5 Å². The number of sulfonamides is 1. The lowest BCUT2D eigenvalue weighted by Gasteiger charge is -2.28. The molecule has 0 aromatic heterocycles. The summed E-state index contributed by atoms with van der Waals surface area (Å²) in [5, 5.41) is 4.96. The largest absolute Gasteiger partial charge is 0.502 e. The van der Waals surface area contributed by atoms with Gasteiger partial charge in [0.15, 0.2) is 0 Å². The number of nitrogens with two attached hydrogens (primary N) is 1. The van der Waals surface area contributed by atoms with Crippen LogP contribution in [0.1, 0.15) is 20.8 Å². The van der Waals surface area contributed by atoms with Gasteiger partial charge < -0.3 is 13.3 Å². The van der Waals surface area contributed by atoms with Gasteiger partial charge in [0.1, 0.15) is 0 Å². The normalized spacial score (nSPS) is 13.0. The van der Waals surface area contributed by atoms with E-state index in [-0.39, 0.29) is 11.8 Å². The lowest BCUT2D eigenvalue weighted by molar-refractivity contribution is 0.0727. The van der Waals surface area contributed by atoms with Crippen LogP contribution in [0.5, 0.6) is 0 Å². The number of primary sulfonamides is 1. The Balaban J connectivity index is 4.58. The van der Waals surface area contributed by atoms with Crippen LogP contribution in [0.25, 0.3) is 0 Å². The maximum Gasteiger partial charge on any atom is 0.502 e. The van der Waals surface area contributed by atoms with Gasteiger partial charge in [-0.15, -0.1) is 0 Å². The summed E-state index contributed by atoms with van der Waals surface area (Å²) in [5.74, 6) is -0.181. The van der Waals surface area contributed by atoms with Crippen molar-refractivity contribution in [1.29, 1.82) is 0 Å². The van der Waals surface area contributed by atoms with Crippen LogP contribution in [0.15, 0.2) is 0 Å². The Morgan fingerprint density at radius 1 is 1.00 bits per heavy atom. The summed E-state index contributed by atoms with van der Waals surface area (Å²) in [5.41, 5.74) is 0. The van der Waals surface area contributed by atoms with E-state index in [0.29, 0.717) is 19.8 Å². The highest BCUT2D eigenvalue weighted by Gasteiger charge is 2.41. The smallest absolute Gasteiger partial charge is 0.374 e. The second-order valence-corrected chi connectivity index (χ2v) is 7.57. The Kier molecular flexibility index (Phi) is 7.36. The summed E-state index contributed by atoms with van der Waals surface area (Å²) in [7, 11) is -6.38.